The Bertz CT molecular complexity index is 1000. The summed E-state index contributed by atoms with van der Waals surface area (Å²) in [5.41, 5.74) is 6.87. The number of ether oxygens (including phenoxy) is 2. The Kier molecular flexibility index (Phi) is 12.7. The zero-order valence-corrected chi connectivity index (χ0v) is 23.5. The molecule has 0 radical (unpaired) electrons. The Morgan fingerprint density at radius 1 is 1.08 bits per heavy atom. The molecule has 11 heteroatoms. The first-order chi connectivity index (χ1) is 17.7. The summed E-state index contributed by atoms with van der Waals surface area (Å²) in [5, 5.41) is 5.16. The molecule has 0 saturated heterocycles. The van der Waals surface area contributed by atoms with Gasteiger partial charge in [0.15, 0.2) is 0 Å². The second kappa shape index (κ2) is 14.9. The van der Waals surface area contributed by atoms with Crippen LogP contribution in [0.5, 0.6) is 0 Å². The van der Waals surface area contributed by atoms with Crippen LogP contribution < -0.4 is 16.4 Å². The molecule has 0 aliphatic carbocycles. The number of esters is 1. The monoisotopic (exact) mass is 534 g/mol. The highest BCUT2D eigenvalue weighted by atomic mass is 16.6. The molecule has 1 aromatic carbocycles. The van der Waals surface area contributed by atoms with Crippen molar-refractivity contribution in [3.63, 3.8) is 0 Å². The molecule has 2 unspecified atom stereocenters. The number of alkyl carbamates (subject to hydrolysis) is 1. The molecular formula is C27H42N4O7. The second-order valence-corrected chi connectivity index (χ2v) is 10.0. The molecule has 11 nitrogen and oxygen atoms in total. The van der Waals surface area contributed by atoms with Crippen LogP contribution in [0.2, 0.25) is 0 Å². The molecule has 4 N–H and O–H groups in total. The predicted molar refractivity (Wildman–Crippen MR) is 142 cm³/mol. The number of primary amides is 1. The van der Waals surface area contributed by atoms with Crippen molar-refractivity contribution in [3.8, 4) is 0 Å². The van der Waals surface area contributed by atoms with Gasteiger partial charge in [-0.1, -0.05) is 30.7 Å². The SMILES string of the molecule is CCCN(C(=O)C(CC(N)=O)NC(=O)OC(C)(C)C)C(C(=O)NCCC(=O)OCC)c1ccc(C)cc1C. The van der Waals surface area contributed by atoms with Gasteiger partial charge in [0.2, 0.25) is 17.7 Å². The lowest BCUT2D eigenvalue weighted by Crippen LogP contribution is -2.54. The molecule has 1 aromatic rings. The van der Waals surface area contributed by atoms with Gasteiger partial charge in [0.1, 0.15) is 17.7 Å². The number of nitrogens with one attached hydrogen (secondary N) is 2. The summed E-state index contributed by atoms with van der Waals surface area (Å²) < 4.78 is 10.2. The number of benzene rings is 1. The molecule has 0 aliphatic heterocycles. The van der Waals surface area contributed by atoms with Crippen LogP contribution in [0, 0.1) is 13.8 Å². The van der Waals surface area contributed by atoms with Gasteiger partial charge in [-0.05, 0) is 59.1 Å². The molecule has 212 valence electrons. The van der Waals surface area contributed by atoms with Gasteiger partial charge >= 0.3 is 12.1 Å². The summed E-state index contributed by atoms with van der Waals surface area (Å²) in [6.45, 7) is 12.6. The van der Waals surface area contributed by atoms with Gasteiger partial charge in [-0.2, -0.15) is 0 Å². The van der Waals surface area contributed by atoms with Crippen LogP contribution >= 0.6 is 0 Å². The number of hydrogen-bond acceptors (Lipinski definition) is 7. The minimum Gasteiger partial charge on any atom is -0.466 e. The fraction of sp³-hybridized carbons (Fsp3) is 0.593. The third-order valence-electron chi connectivity index (χ3n) is 5.36. The number of amides is 4. The van der Waals surface area contributed by atoms with E-state index in [2.05, 4.69) is 10.6 Å². The van der Waals surface area contributed by atoms with Crippen LogP contribution in [0.25, 0.3) is 0 Å². The highest BCUT2D eigenvalue weighted by Gasteiger charge is 2.37. The summed E-state index contributed by atoms with van der Waals surface area (Å²) in [4.78, 5) is 64.7. The maximum atomic E-state index is 13.8. The number of nitrogens with zero attached hydrogens (tertiary/aromatic N) is 1. The lowest BCUT2D eigenvalue weighted by molar-refractivity contribution is -0.144. The zero-order chi connectivity index (χ0) is 29.0. The maximum absolute atomic E-state index is 13.8. The van der Waals surface area contributed by atoms with E-state index in [1.807, 2.05) is 32.9 Å². The van der Waals surface area contributed by atoms with Crippen molar-refractivity contribution < 1.29 is 33.4 Å². The van der Waals surface area contributed by atoms with E-state index in [0.717, 1.165) is 11.1 Å². The van der Waals surface area contributed by atoms with E-state index in [0.29, 0.717) is 12.0 Å². The summed E-state index contributed by atoms with van der Waals surface area (Å²) >= 11 is 0. The van der Waals surface area contributed by atoms with Crippen LogP contribution in [-0.2, 0) is 28.7 Å². The minimum atomic E-state index is -1.35. The van der Waals surface area contributed by atoms with Crippen LogP contribution in [0.3, 0.4) is 0 Å². The van der Waals surface area contributed by atoms with E-state index < -0.39 is 53.9 Å². The Morgan fingerprint density at radius 3 is 2.26 bits per heavy atom. The lowest BCUT2D eigenvalue weighted by Gasteiger charge is -2.34. The van der Waals surface area contributed by atoms with Gasteiger partial charge in [0.05, 0.1) is 19.4 Å². The molecule has 0 spiro atoms. The molecule has 0 saturated carbocycles. The van der Waals surface area contributed by atoms with Crippen LogP contribution in [-0.4, -0.2) is 66.0 Å². The number of rotatable bonds is 13. The van der Waals surface area contributed by atoms with E-state index >= 15 is 0 Å². The summed E-state index contributed by atoms with van der Waals surface area (Å²) in [5.74, 6) is -2.45. The minimum absolute atomic E-state index is 0.00804. The highest BCUT2D eigenvalue weighted by Crippen LogP contribution is 2.27. The number of carbonyl (C=O) groups is 5. The molecule has 0 fully saturated rings. The highest BCUT2D eigenvalue weighted by molar-refractivity contribution is 5.94. The number of hydrogen-bond donors (Lipinski definition) is 3. The average molecular weight is 535 g/mol. The van der Waals surface area contributed by atoms with Gasteiger partial charge in [0, 0.05) is 13.1 Å². The smallest absolute Gasteiger partial charge is 0.408 e. The predicted octanol–water partition coefficient (Wildman–Crippen LogP) is 2.42. The quantitative estimate of drug-likeness (QED) is 0.328. The van der Waals surface area contributed by atoms with Crippen molar-refractivity contribution in [3.05, 3.63) is 34.9 Å². The van der Waals surface area contributed by atoms with Crippen molar-refractivity contribution in [1.82, 2.24) is 15.5 Å². The molecule has 2 atom stereocenters. The van der Waals surface area contributed by atoms with Gasteiger partial charge in [-0.3, -0.25) is 19.2 Å². The zero-order valence-electron chi connectivity index (χ0n) is 23.5. The van der Waals surface area contributed by atoms with Crippen LogP contribution in [0.1, 0.15) is 76.6 Å². The van der Waals surface area contributed by atoms with Gasteiger partial charge in [-0.25, -0.2) is 4.79 Å². The Balaban J connectivity index is 3.43. The third-order valence-corrected chi connectivity index (χ3v) is 5.36. The van der Waals surface area contributed by atoms with Crippen molar-refractivity contribution in [1.29, 1.82) is 0 Å². The van der Waals surface area contributed by atoms with Gasteiger partial charge < -0.3 is 30.7 Å². The fourth-order valence-corrected chi connectivity index (χ4v) is 3.86. The van der Waals surface area contributed by atoms with E-state index in [1.165, 1.54) is 4.90 Å². The summed E-state index contributed by atoms with van der Waals surface area (Å²) in [7, 11) is 0. The molecule has 38 heavy (non-hydrogen) atoms. The molecule has 0 heterocycles. The number of nitrogens with two attached hydrogens (primary N) is 1. The average Bonchev–Trinajstić information content (AvgIpc) is 2.77. The van der Waals surface area contributed by atoms with Crippen molar-refractivity contribution in [2.24, 2.45) is 5.73 Å². The normalized spacial score (nSPS) is 12.6. The lowest BCUT2D eigenvalue weighted by atomic mass is 9.96. The van der Waals surface area contributed by atoms with Crippen molar-refractivity contribution in [2.45, 2.75) is 85.4 Å². The van der Waals surface area contributed by atoms with Crippen LogP contribution in [0.4, 0.5) is 4.79 Å². The van der Waals surface area contributed by atoms with E-state index in [9.17, 15) is 24.0 Å². The molecule has 0 aromatic heterocycles. The van der Waals surface area contributed by atoms with Crippen LogP contribution in [0.15, 0.2) is 18.2 Å². The first kappa shape index (κ1) is 32.4. The first-order valence-corrected chi connectivity index (χ1v) is 12.8. The van der Waals surface area contributed by atoms with Crippen molar-refractivity contribution in [2.75, 3.05) is 19.7 Å². The Hall–Kier alpha value is -3.63. The topological polar surface area (TPSA) is 157 Å². The number of carbonyl (C=O) groups excluding carboxylic acids is 5. The second-order valence-electron chi connectivity index (χ2n) is 10.0. The van der Waals surface area contributed by atoms with E-state index in [4.69, 9.17) is 15.2 Å². The molecule has 4 amide bonds. The summed E-state index contributed by atoms with van der Waals surface area (Å²) in [6, 6.07) is 3.04. The summed E-state index contributed by atoms with van der Waals surface area (Å²) in [6.07, 6.45) is -0.928. The number of aryl methyl sites for hydroxylation is 2. The third kappa shape index (κ3) is 10.8. The van der Waals surface area contributed by atoms with Crippen molar-refractivity contribution >= 4 is 29.8 Å². The van der Waals surface area contributed by atoms with Gasteiger partial charge in [-0.15, -0.1) is 0 Å². The standard InChI is InChI=1S/C27H42N4O7/c1-8-14-31(25(35)20(16-21(28)32)30-26(36)38-27(5,6)7)23(19-11-10-17(3)15-18(19)4)24(34)29-13-12-22(33)37-9-2/h10-11,15,20,23H,8-9,12-14,16H2,1-7H3,(H2,28,32)(H,29,34)(H,30,36). The Labute approximate surface area is 224 Å². The fourth-order valence-electron chi connectivity index (χ4n) is 3.86. The van der Waals surface area contributed by atoms with E-state index in [1.54, 1.807) is 33.8 Å². The largest absolute Gasteiger partial charge is 0.466 e. The van der Waals surface area contributed by atoms with Gasteiger partial charge in [0.25, 0.3) is 0 Å². The molecule has 1 rings (SSSR count). The van der Waals surface area contributed by atoms with E-state index in [-0.39, 0.29) is 26.1 Å². The maximum Gasteiger partial charge on any atom is 0.408 e. The Morgan fingerprint density at radius 2 is 1.74 bits per heavy atom. The molecule has 0 aliphatic rings. The molecule has 0 bridgehead atoms. The molecular weight excluding hydrogens is 492 g/mol. The first-order valence-electron chi connectivity index (χ1n) is 12.8.